The van der Waals surface area contributed by atoms with Gasteiger partial charge in [0, 0.05) is 13.0 Å². The highest BCUT2D eigenvalue weighted by Gasteiger charge is 2.38. The van der Waals surface area contributed by atoms with Crippen LogP contribution in [0.3, 0.4) is 0 Å². The highest BCUT2D eigenvalue weighted by Crippen LogP contribution is 2.29. The van der Waals surface area contributed by atoms with Crippen molar-refractivity contribution in [1.29, 1.82) is 0 Å². The Balaban J connectivity index is 2.00. The minimum Gasteiger partial charge on any atom is -0.457 e. The van der Waals surface area contributed by atoms with E-state index in [1.807, 2.05) is 0 Å². The third-order valence-corrected chi connectivity index (χ3v) is 2.97. The molecule has 2 aliphatic rings. The number of likely N-dealkylation sites (tertiary alicyclic amines) is 1. The van der Waals surface area contributed by atoms with Crippen LogP contribution in [0.1, 0.15) is 19.3 Å². The van der Waals surface area contributed by atoms with Crippen molar-refractivity contribution in [2.75, 3.05) is 26.7 Å². The maximum Gasteiger partial charge on any atom is 0.282 e. The van der Waals surface area contributed by atoms with Crippen LogP contribution in [-0.2, 0) is 4.74 Å². The van der Waals surface area contributed by atoms with E-state index in [0.29, 0.717) is 6.02 Å². The molecule has 13 heavy (non-hydrogen) atoms. The van der Waals surface area contributed by atoms with Gasteiger partial charge in [0.25, 0.3) is 6.02 Å². The van der Waals surface area contributed by atoms with Gasteiger partial charge in [0.1, 0.15) is 5.60 Å². The highest BCUT2D eigenvalue weighted by molar-refractivity contribution is 5.73. The van der Waals surface area contributed by atoms with Gasteiger partial charge in [-0.25, -0.2) is 4.99 Å². The second-order valence-corrected chi connectivity index (χ2v) is 4.10. The van der Waals surface area contributed by atoms with Crippen LogP contribution in [0.15, 0.2) is 4.99 Å². The van der Waals surface area contributed by atoms with Crippen molar-refractivity contribution in [3.63, 3.8) is 0 Å². The predicted octanol–water partition coefficient (Wildman–Crippen LogP) is 0.186. The van der Waals surface area contributed by atoms with Crippen molar-refractivity contribution >= 4 is 6.02 Å². The second-order valence-electron chi connectivity index (χ2n) is 4.10. The van der Waals surface area contributed by atoms with Crippen LogP contribution in [0.4, 0.5) is 0 Å². The summed E-state index contributed by atoms with van der Waals surface area (Å²) in [5, 5.41) is 0. The number of nitrogens with zero attached hydrogens (tertiary/aromatic N) is 2. The highest BCUT2D eigenvalue weighted by atomic mass is 16.5. The van der Waals surface area contributed by atoms with Gasteiger partial charge in [-0.2, -0.15) is 0 Å². The summed E-state index contributed by atoms with van der Waals surface area (Å²) in [6.07, 6.45) is 3.31. The van der Waals surface area contributed by atoms with Gasteiger partial charge in [0.2, 0.25) is 0 Å². The summed E-state index contributed by atoms with van der Waals surface area (Å²) in [7, 11) is 2.15. The van der Waals surface area contributed by atoms with Crippen molar-refractivity contribution in [1.82, 2.24) is 4.90 Å². The largest absolute Gasteiger partial charge is 0.457 e. The zero-order valence-electron chi connectivity index (χ0n) is 8.12. The van der Waals surface area contributed by atoms with Crippen LogP contribution in [-0.4, -0.2) is 43.2 Å². The Morgan fingerprint density at radius 2 is 2.31 bits per heavy atom. The molecule has 4 nitrogen and oxygen atoms in total. The number of hydrogen-bond acceptors (Lipinski definition) is 4. The first kappa shape index (κ1) is 8.81. The van der Waals surface area contributed by atoms with Crippen LogP contribution < -0.4 is 5.73 Å². The molecule has 2 aliphatic heterocycles. The van der Waals surface area contributed by atoms with Gasteiger partial charge in [-0.05, 0) is 26.4 Å². The van der Waals surface area contributed by atoms with Gasteiger partial charge in [-0.3, -0.25) is 0 Å². The fraction of sp³-hybridized carbons (Fsp3) is 0.889. The van der Waals surface area contributed by atoms with E-state index in [2.05, 4.69) is 16.9 Å². The Bertz CT molecular complexity index is 229. The molecule has 1 atom stereocenters. The lowest BCUT2D eigenvalue weighted by atomic mass is 9.95. The first-order valence-corrected chi connectivity index (χ1v) is 4.88. The molecule has 74 valence electrons. The van der Waals surface area contributed by atoms with Crippen molar-refractivity contribution in [2.45, 2.75) is 24.9 Å². The lowest BCUT2D eigenvalue weighted by Gasteiger charge is -2.25. The van der Waals surface area contributed by atoms with E-state index in [9.17, 15) is 0 Å². The van der Waals surface area contributed by atoms with Crippen molar-refractivity contribution in [2.24, 2.45) is 10.7 Å². The maximum absolute atomic E-state index is 5.62. The van der Waals surface area contributed by atoms with Crippen molar-refractivity contribution < 1.29 is 4.74 Å². The lowest BCUT2D eigenvalue weighted by Crippen LogP contribution is -2.35. The fourth-order valence-electron chi connectivity index (χ4n) is 2.07. The Morgan fingerprint density at radius 3 is 3.00 bits per heavy atom. The van der Waals surface area contributed by atoms with E-state index in [1.54, 1.807) is 0 Å². The van der Waals surface area contributed by atoms with E-state index in [4.69, 9.17) is 10.5 Å². The third kappa shape index (κ3) is 1.77. The van der Waals surface area contributed by atoms with E-state index >= 15 is 0 Å². The van der Waals surface area contributed by atoms with Crippen LogP contribution in [0.5, 0.6) is 0 Å². The summed E-state index contributed by atoms with van der Waals surface area (Å²) in [6.45, 7) is 3.00. The van der Waals surface area contributed by atoms with Crippen molar-refractivity contribution in [3.05, 3.63) is 0 Å². The molecule has 1 fully saturated rings. The van der Waals surface area contributed by atoms with E-state index in [0.717, 1.165) is 32.5 Å². The molecule has 0 saturated carbocycles. The number of rotatable bonds is 0. The minimum absolute atomic E-state index is 0.0607. The molecule has 2 heterocycles. The summed E-state index contributed by atoms with van der Waals surface area (Å²) < 4.78 is 5.62. The summed E-state index contributed by atoms with van der Waals surface area (Å²) in [5.74, 6) is 0. The van der Waals surface area contributed by atoms with Gasteiger partial charge >= 0.3 is 0 Å². The third-order valence-electron chi connectivity index (χ3n) is 2.97. The number of ether oxygens (including phenoxy) is 1. The predicted molar refractivity (Wildman–Crippen MR) is 51.7 cm³/mol. The number of aliphatic imine (C=N–C) groups is 1. The molecule has 0 amide bonds. The van der Waals surface area contributed by atoms with Gasteiger partial charge in [0.05, 0.1) is 6.54 Å². The molecule has 4 heteroatoms. The number of amidine groups is 1. The second kappa shape index (κ2) is 3.18. The maximum atomic E-state index is 5.62. The van der Waals surface area contributed by atoms with E-state index in [1.165, 1.54) is 6.42 Å². The smallest absolute Gasteiger partial charge is 0.282 e. The van der Waals surface area contributed by atoms with Crippen LogP contribution in [0.2, 0.25) is 0 Å². The lowest BCUT2D eigenvalue weighted by molar-refractivity contribution is 0.0697. The van der Waals surface area contributed by atoms with Crippen LogP contribution >= 0.6 is 0 Å². The quantitative estimate of drug-likeness (QED) is 0.583. The summed E-state index contributed by atoms with van der Waals surface area (Å²) in [4.78, 5) is 6.47. The Hall–Kier alpha value is -0.770. The number of nitrogens with two attached hydrogens (primary N) is 1. The Morgan fingerprint density at radius 1 is 1.46 bits per heavy atom. The Labute approximate surface area is 78.8 Å². The average Bonchev–Trinajstić information content (AvgIpc) is 2.35. The van der Waals surface area contributed by atoms with Crippen LogP contribution in [0, 0.1) is 0 Å². The average molecular weight is 183 g/mol. The standard InChI is InChI=1S/C9H17N3O/c1-12-5-2-3-9(4-6-12)7-11-8(10)13-9/h2-7H2,1H3,(H2,10,11). The van der Waals surface area contributed by atoms with Crippen molar-refractivity contribution in [3.8, 4) is 0 Å². The molecule has 0 radical (unpaired) electrons. The molecule has 1 spiro atoms. The first-order valence-electron chi connectivity index (χ1n) is 4.88. The van der Waals surface area contributed by atoms with Gasteiger partial charge < -0.3 is 15.4 Å². The molecule has 1 saturated heterocycles. The fourth-order valence-corrected chi connectivity index (χ4v) is 2.07. The molecule has 2 rings (SSSR count). The number of hydrogen-bond donors (Lipinski definition) is 1. The molecular weight excluding hydrogens is 166 g/mol. The minimum atomic E-state index is -0.0607. The molecule has 0 aromatic carbocycles. The SMILES string of the molecule is CN1CCCC2(CC1)CN=C(N)O2. The molecular formula is C9H17N3O. The van der Waals surface area contributed by atoms with Gasteiger partial charge in [-0.1, -0.05) is 0 Å². The molecule has 1 unspecified atom stereocenters. The van der Waals surface area contributed by atoms with E-state index < -0.39 is 0 Å². The topological polar surface area (TPSA) is 50.8 Å². The van der Waals surface area contributed by atoms with Crippen LogP contribution in [0.25, 0.3) is 0 Å². The molecule has 0 bridgehead atoms. The van der Waals surface area contributed by atoms with E-state index in [-0.39, 0.29) is 5.60 Å². The molecule has 0 aliphatic carbocycles. The molecule has 2 N–H and O–H groups in total. The van der Waals surface area contributed by atoms with Gasteiger partial charge in [0.15, 0.2) is 0 Å². The molecule has 0 aromatic heterocycles. The zero-order chi connectivity index (χ0) is 9.31. The summed E-state index contributed by atoms with van der Waals surface area (Å²) >= 11 is 0. The zero-order valence-corrected chi connectivity index (χ0v) is 8.12. The first-order chi connectivity index (χ1) is 6.20. The Kier molecular flexibility index (Phi) is 2.15. The van der Waals surface area contributed by atoms with Gasteiger partial charge in [-0.15, -0.1) is 0 Å². The summed E-state index contributed by atoms with van der Waals surface area (Å²) in [6, 6.07) is 0.379. The normalized spacial score (nSPS) is 35.6. The molecule has 0 aromatic rings. The summed E-state index contributed by atoms with van der Waals surface area (Å²) in [5.41, 5.74) is 5.48. The monoisotopic (exact) mass is 183 g/mol.